The molecule has 3 heteroatoms. The third kappa shape index (κ3) is 3.86. The maximum absolute atomic E-state index is 10.9. The lowest BCUT2D eigenvalue weighted by Crippen LogP contribution is -2.17. The number of hydrogen-bond donors (Lipinski definition) is 2. The fourth-order valence-corrected chi connectivity index (χ4v) is 2.07. The molecule has 0 saturated carbocycles. The highest BCUT2D eigenvalue weighted by atomic mass is 16.3. The molecule has 1 aromatic rings. The number of carbonyl (C=O) groups is 1. The SMILES string of the molecule is CC(C)(C)c1cc(C=CC(N)=O)cc(C(C)(C)C)c1O. The smallest absolute Gasteiger partial charge is 0.241 e. The van der Waals surface area contributed by atoms with Crippen molar-refractivity contribution in [3.05, 3.63) is 34.9 Å². The predicted octanol–water partition coefficient (Wildman–Crippen LogP) is 3.49. The number of aromatic hydroxyl groups is 1. The van der Waals surface area contributed by atoms with Crippen molar-refractivity contribution >= 4 is 12.0 Å². The lowest BCUT2D eigenvalue weighted by molar-refractivity contribution is -0.113. The van der Waals surface area contributed by atoms with Gasteiger partial charge in [-0.3, -0.25) is 4.79 Å². The van der Waals surface area contributed by atoms with E-state index in [-0.39, 0.29) is 10.8 Å². The van der Waals surface area contributed by atoms with Gasteiger partial charge in [0.05, 0.1) is 0 Å². The topological polar surface area (TPSA) is 63.3 Å². The quantitative estimate of drug-likeness (QED) is 0.812. The first kappa shape index (κ1) is 16.3. The summed E-state index contributed by atoms with van der Waals surface area (Å²) in [6.07, 6.45) is 3.03. The second-order valence-electron chi connectivity index (χ2n) is 7.20. The molecule has 0 unspecified atom stereocenters. The van der Waals surface area contributed by atoms with E-state index in [4.69, 9.17) is 5.73 Å². The van der Waals surface area contributed by atoms with Crippen LogP contribution in [0.3, 0.4) is 0 Å². The van der Waals surface area contributed by atoms with Gasteiger partial charge in [0.25, 0.3) is 0 Å². The summed E-state index contributed by atoms with van der Waals surface area (Å²) in [6.45, 7) is 12.3. The minimum absolute atomic E-state index is 0.180. The largest absolute Gasteiger partial charge is 0.507 e. The van der Waals surface area contributed by atoms with Gasteiger partial charge in [0.15, 0.2) is 0 Å². The van der Waals surface area contributed by atoms with Crippen molar-refractivity contribution in [3.63, 3.8) is 0 Å². The minimum Gasteiger partial charge on any atom is -0.507 e. The van der Waals surface area contributed by atoms with Crippen molar-refractivity contribution in [1.29, 1.82) is 0 Å². The second-order valence-corrected chi connectivity index (χ2v) is 7.20. The van der Waals surface area contributed by atoms with Crippen LogP contribution >= 0.6 is 0 Å². The molecule has 1 amide bonds. The molecular weight excluding hydrogens is 250 g/mol. The zero-order chi connectivity index (χ0) is 15.7. The number of carbonyl (C=O) groups excluding carboxylic acids is 1. The molecule has 3 N–H and O–H groups in total. The van der Waals surface area contributed by atoms with E-state index in [9.17, 15) is 9.90 Å². The van der Waals surface area contributed by atoms with E-state index in [1.807, 2.05) is 12.1 Å². The van der Waals surface area contributed by atoms with Crippen LogP contribution in [0.15, 0.2) is 18.2 Å². The number of benzene rings is 1. The first-order valence-electron chi connectivity index (χ1n) is 6.78. The van der Waals surface area contributed by atoms with Crippen LogP contribution in [0, 0.1) is 0 Å². The van der Waals surface area contributed by atoms with Crippen LogP contribution in [0.25, 0.3) is 6.08 Å². The maximum atomic E-state index is 10.9. The summed E-state index contributed by atoms with van der Waals surface area (Å²) in [6, 6.07) is 3.81. The molecule has 0 saturated heterocycles. The van der Waals surface area contributed by atoms with Crippen LogP contribution in [0.4, 0.5) is 0 Å². The standard InChI is InChI=1S/C17H25NO2/c1-16(2,3)12-9-11(7-8-14(18)19)10-13(15(12)20)17(4,5)6/h7-10,20H,1-6H3,(H2,18,19). The van der Waals surface area contributed by atoms with Gasteiger partial charge in [-0.25, -0.2) is 0 Å². The van der Waals surface area contributed by atoms with Crippen molar-refractivity contribution in [2.75, 3.05) is 0 Å². The summed E-state index contributed by atoms with van der Waals surface area (Å²) in [5, 5.41) is 10.5. The Kier molecular flexibility index (Phi) is 4.33. The number of phenolic OH excluding ortho intramolecular Hbond substituents is 1. The Bertz CT molecular complexity index is 508. The molecule has 0 fully saturated rings. The molecule has 0 radical (unpaired) electrons. The molecule has 0 bridgehead atoms. The Labute approximate surface area is 121 Å². The van der Waals surface area contributed by atoms with Crippen molar-refractivity contribution in [3.8, 4) is 5.75 Å². The van der Waals surface area contributed by atoms with Crippen LogP contribution in [0.1, 0.15) is 58.2 Å². The Hall–Kier alpha value is -1.77. The fourth-order valence-electron chi connectivity index (χ4n) is 2.07. The molecule has 20 heavy (non-hydrogen) atoms. The second kappa shape index (κ2) is 5.31. The molecule has 0 aliphatic carbocycles. The summed E-state index contributed by atoms with van der Waals surface area (Å²) in [5.74, 6) is -0.145. The Morgan fingerprint density at radius 1 is 1.05 bits per heavy atom. The zero-order valence-corrected chi connectivity index (χ0v) is 13.2. The summed E-state index contributed by atoms with van der Waals surface area (Å²) >= 11 is 0. The third-order valence-corrected chi connectivity index (χ3v) is 3.19. The number of amides is 1. The molecule has 3 nitrogen and oxygen atoms in total. The van der Waals surface area contributed by atoms with Crippen LogP contribution in [-0.2, 0) is 15.6 Å². The Morgan fingerprint density at radius 2 is 1.45 bits per heavy atom. The molecule has 0 heterocycles. The molecule has 110 valence electrons. The number of phenols is 1. The van der Waals surface area contributed by atoms with Gasteiger partial charge in [0.1, 0.15) is 5.75 Å². The summed E-state index contributed by atoms with van der Waals surface area (Å²) in [5.41, 5.74) is 7.39. The monoisotopic (exact) mass is 275 g/mol. The van der Waals surface area contributed by atoms with Crippen molar-refractivity contribution < 1.29 is 9.90 Å². The van der Waals surface area contributed by atoms with Gasteiger partial charge < -0.3 is 10.8 Å². The molecule has 0 aromatic heterocycles. The van der Waals surface area contributed by atoms with Crippen LogP contribution < -0.4 is 5.73 Å². The highest BCUT2D eigenvalue weighted by Gasteiger charge is 2.26. The lowest BCUT2D eigenvalue weighted by atomic mass is 9.78. The highest BCUT2D eigenvalue weighted by Crippen LogP contribution is 2.39. The molecular formula is C17H25NO2. The number of rotatable bonds is 2. The summed E-state index contributed by atoms with van der Waals surface area (Å²) in [7, 11) is 0. The average Bonchev–Trinajstić information content (AvgIpc) is 2.24. The average molecular weight is 275 g/mol. The van der Waals surface area contributed by atoms with E-state index in [0.29, 0.717) is 5.75 Å². The third-order valence-electron chi connectivity index (χ3n) is 3.19. The van der Waals surface area contributed by atoms with E-state index in [1.54, 1.807) is 6.08 Å². The van der Waals surface area contributed by atoms with Crippen LogP contribution in [-0.4, -0.2) is 11.0 Å². The van der Waals surface area contributed by atoms with Gasteiger partial charge in [0.2, 0.25) is 5.91 Å². The highest BCUT2D eigenvalue weighted by molar-refractivity contribution is 5.90. The molecule has 1 aromatic carbocycles. The number of nitrogens with two attached hydrogens (primary N) is 1. The van der Waals surface area contributed by atoms with Crippen molar-refractivity contribution in [1.82, 2.24) is 0 Å². The van der Waals surface area contributed by atoms with E-state index in [2.05, 4.69) is 41.5 Å². The fraction of sp³-hybridized carbons (Fsp3) is 0.471. The zero-order valence-electron chi connectivity index (χ0n) is 13.2. The normalized spacial score (nSPS) is 12.9. The molecule has 0 spiro atoms. The molecule has 0 atom stereocenters. The van der Waals surface area contributed by atoms with Gasteiger partial charge >= 0.3 is 0 Å². The molecule has 1 rings (SSSR count). The van der Waals surface area contributed by atoms with Gasteiger partial charge in [-0.05, 0) is 34.6 Å². The first-order valence-corrected chi connectivity index (χ1v) is 6.78. The van der Waals surface area contributed by atoms with Crippen LogP contribution in [0.5, 0.6) is 5.75 Å². The predicted molar refractivity (Wildman–Crippen MR) is 83.7 cm³/mol. The van der Waals surface area contributed by atoms with E-state index in [0.717, 1.165) is 16.7 Å². The number of hydrogen-bond acceptors (Lipinski definition) is 2. The van der Waals surface area contributed by atoms with Gasteiger partial charge in [0, 0.05) is 17.2 Å². The van der Waals surface area contributed by atoms with E-state index < -0.39 is 5.91 Å². The van der Waals surface area contributed by atoms with Crippen molar-refractivity contribution in [2.24, 2.45) is 5.73 Å². The van der Waals surface area contributed by atoms with Gasteiger partial charge in [-0.15, -0.1) is 0 Å². The van der Waals surface area contributed by atoms with E-state index >= 15 is 0 Å². The number of primary amides is 1. The van der Waals surface area contributed by atoms with Crippen LogP contribution in [0.2, 0.25) is 0 Å². The van der Waals surface area contributed by atoms with Gasteiger partial charge in [-0.2, -0.15) is 0 Å². The Balaban J connectivity index is 3.54. The van der Waals surface area contributed by atoms with E-state index in [1.165, 1.54) is 6.08 Å². The first-order chi connectivity index (χ1) is 8.93. The maximum Gasteiger partial charge on any atom is 0.241 e. The Morgan fingerprint density at radius 3 is 1.75 bits per heavy atom. The summed E-state index contributed by atoms with van der Waals surface area (Å²) in [4.78, 5) is 10.9. The van der Waals surface area contributed by atoms with Crippen molar-refractivity contribution in [2.45, 2.75) is 52.4 Å². The molecule has 0 aliphatic rings. The summed E-state index contributed by atoms with van der Waals surface area (Å²) < 4.78 is 0. The van der Waals surface area contributed by atoms with Gasteiger partial charge in [-0.1, -0.05) is 41.5 Å². The minimum atomic E-state index is -0.479. The lowest BCUT2D eigenvalue weighted by Gasteiger charge is -2.27. The molecule has 0 aliphatic heterocycles.